The number of aryl methyl sites for hydroxylation is 1. The fraction of sp³-hybridized carbons (Fsp3) is 0.667. The first kappa shape index (κ1) is 18.0. The van der Waals surface area contributed by atoms with Crippen molar-refractivity contribution in [1.29, 1.82) is 0 Å². The summed E-state index contributed by atoms with van der Waals surface area (Å²) in [4.78, 5) is 27.2. The van der Waals surface area contributed by atoms with Crippen LogP contribution in [0.1, 0.15) is 38.1 Å². The molecule has 0 aliphatic heterocycles. The first-order valence-electron chi connectivity index (χ1n) is 7.64. The molecule has 7 heteroatoms. The monoisotopic (exact) mass is 309 g/mol. The summed E-state index contributed by atoms with van der Waals surface area (Å²) in [6.07, 6.45) is 2.51. The average Bonchev–Trinajstić information content (AvgIpc) is 2.91. The standard InChI is InChI=1S/C15H27N5O2/c1-6-8-11-9-12(18-17-11)10-20(5)15(22)16-13(7-2)14(21)19(3)4/h9,13H,6-8,10H2,1-5H3,(H,16,22)(H,17,18). The number of H-pyrrole nitrogens is 1. The van der Waals surface area contributed by atoms with Crippen molar-refractivity contribution < 1.29 is 9.59 Å². The van der Waals surface area contributed by atoms with Crippen LogP contribution in [0.25, 0.3) is 0 Å². The van der Waals surface area contributed by atoms with Gasteiger partial charge in [0.1, 0.15) is 6.04 Å². The van der Waals surface area contributed by atoms with E-state index in [0.29, 0.717) is 13.0 Å². The van der Waals surface area contributed by atoms with Crippen molar-refractivity contribution in [2.24, 2.45) is 0 Å². The summed E-state index contributed by atoms with van der Waals surface area (Å²) in [6.45, 7) is 4.40. The summed E-state index contributed by atoms with van der Waals surface area (Å²) in [5.41, 5.74) is 1.88. The number of nitrogens with zero attached hydrogens (tertiary/aromatic N) is 3. The number of amides is 3. The molecule has 0 aliphatic rings. The van der Waals surface area contributed by atoms with E-state index < -0.39 is 6.04 Å². The van der Waals surface area contributed by atoms with Gasteiger partial charge in [-0.1, -0.05) is 20.3 Å². The third-order valence-electron chi connectivity index (χ3n) is 3.39. The molecule has 1 aromatic heterocycles. The number of hydrogen-bond acceptors (Lipinski definition) is 3. The summed E-state index contributed by atoms with van der Waals surface area (Å²) in [6, 6.07) is 1.20. The van der Waals surface area contributed by atoms with Gasteiger partial charge in [-0.15, -0.1) is 0 Å². The molecule has 1 rings (SSSR count). The molecule has 3 amide bonds. The molecule has 1 heterocycles. The second-order valence-corrected chi connectivity index (χ2v) is 5.63. The largest absolute Gasteiger partial charge is 0.347 e. The van der Waals surface area contributed by atoms with E-state index in [9.17, 15) is 9.59 Å². The number of urea groups is 1. The lowest BCUT2D eigenvalue weighted by molar-refractivity contribution is -0.130. The smallest absolute Gasteiger partial charge is 0.318 e. The highest BCUT2D eigenvalue weighted by Gasteiger charge is 2.22. The number of aromatic amines is 1. The summed E-state index contributed by atoms with van der Waals surface area (Å²) in [5.74, 6) is -0.101. The minimum absolute atomic E-state index is 0.101. The van der Waals surface area contributed by atoms with Crippen LogP contribution in [0.15, 0.2) is 6.07 Å². The summed E-state index contributed by atoms with van der Waals surface area (Å²) < 4.78 is 0. The van der Waals surface area contributed by atoms with E-state index in [1.54, 1.807) is 21.1 Å². The molecule has 0 radical (unpaired) electrons. The number of rotatable bonds is 7. The van der Waals surface area contributed by atoms with E-state index >= 15 is 0 Å². The van der Waals surface area contributed by atoms with Crippen LogP contribution in [0.4, 0.5) is 4.79 Å². The van der Waals surface area contributed by atoms with E-state index in [4.69, 9.17) is 0 Å². The Morgan fingerprint density at radius 3 is 2.55 bits per heavy atom. The molecule has 1 atom stereocenters. The summed E-state index contributed by atoms with van der Waals surface area (Å²) in [5, 5.41) is 9.90. The van der Waals surface area contributed by atoms with Crippen molar-refractivity contribution in [3.8, 4) is 0 Å². The van der Waals surface area contributed by atoms with E-state index in [1.807, 2.05) is 13.0 Å². The zero-order valence-electron chi connectivity index (χ0n) is 14.1. The van der Waals surface area contributed by atoms with E-state index in [2.05, 4.69) is 22.4 Å². The minimum atomic E-state index is -0.498. The Bertz CT molecular complexity index is 498. The maximum atomic E-state index is 12.2. The van der Waals surface area contributed by atoms with Crippen LogP contribution >= 0.6 is 0 Å². The zero-order chi connectivity index (χ0) is 16.7. The van der Waals surface area contributed by atoms with Crippen molar-refractivity contribution in [3.63, 3.8) is 0 Å². The highest BCUT2D eigenvalue weighted by Crippen LogP contribution is 2.06. The molecule has 0 saturated carbocycles. The third-order valence-corrected chi connectivity index (χ3v) is 3.39. The lowest BCUT2D eigenvalue weighted by atomic mass is 10.2. The molecule has 0 spiro atoms. The Kier molecular flexibility index (Phi) is 6.88. The van der Waals surface area contributed by atoms with Gasteiger partial charge >= 0.3 is 6.03 Å². The van der Waals surface area contributed by atoms with Crippen molar-refractivity contribution in [3.05, 3.63) is 17.5 Å². The molecule has 0 aromatic carbocycles. The highest BCUT2D eigenvalue weighted by atomic mass is 16.2. The van der Waals surface area contributed by atoms with Gasteiger partial charge in [-0.05, 0) is 18.9 Å². The molecule has 2 N–H and O–H groups in total. The average molecular weight is 309 g/mol. The van der Waals surface area contributed by atoms with Crippen LogP contribution in [-0.4, -0.2) is 59.1 Å². The minimum Gasteiger partial charge on any atom is -0.347 e. The number of carbonyl (C=O) groups is 2. The van der Waals surface area contributed by atoms with Gasteiger partial charge in [-0.2, -0.15) is 5.10 Å². The quantitative estimate of drug-likeness (QED) is 0.798. The first-order chi connectivity index (χ1) is 10.4. The zero-order valence-corrected chi connectivity index (χ0v) is 14.1. The lowest BCUT2D eigenvalue weighted by Gasteiger charge is -2.24. The predicted octanol–water partition coefficient (Wildman–Crippen LogP) is 1.37. The van der Waals surface area contributed by atoms with Gasteiger partial charge in [0.2, 0.25) is 5.91 Å². The molecule has 22 heavy (non-hydrogen) atoms. The molecule has 124 valence electrons. The van der Waals surface area contributed by atoms with Gasteiger partial charge in [-0.3, -0.25) is 9.89 Å². The molecule has 0 saturated heterocycles. The van der Waals surface area contributed by atoms with Crippen molar-refractivity contribution in [2.45, 2.75) is 45.7 Å². The van der Waals surface area contributed by atoms with Crippen molar-refractivity contribution in [1.82, 2.24) is 25.3 Å². The van der Waals surface area contributed by atoms with Crippen molar-refractivity contribution in [2.75, 3.05) is 21.1 Å². The van der Waals surface area contributed by atoms with Gasteiger partial charge in [0, 0.05) is 21.1 Å². The van der Waals surface area contributed by atoms with Crippen LogP contribution < -0.4 is 5.32 Å². The Hall–Kier alpha value is -2.05. The van der Waals surface area contributed by atoms with E-state index in [0.717, 1.165) is 24.2 Å². The van der Waals surface area contributed by atoms with Gasteiger partial charge in [0.15, 0.2) is 0 Å². The van der Waals surface area contributed by atoms with E-state index in [-0.39, 0.29) is 11.9 Å². The first-order valence-corrected chi connectivity index (χ1v) is 7.64. The molecule has 0 aliphatic carbocycles. The summed E-state index contributed by atoms with van der Waals surface area (Å²) >= 11 is 0. The topological polar surface area (TPSA) is 81.3 Å². The molecule has 0 bridgehead atoms. The highest BCUT2D eigenvalue weighted by molar-refractivity contribution is 5.86. The SMILES string of the molecule is CCCc1cc(CN(C)C(=O)NC(CC)C(=O)N(C)C)[nH]n1. The Balaban J connectivity index is 2.58. The summed E-state index contributed by atoms with van der Waals surface area (Å²) in [7, 11) is 5.06. The third kappa shape index (κ3) is 5.05. The molecular weight excluding hydrogens is 282 g/mol. The Labute approximate surface area is 132 Å². The molecular formula is C15H27N5O2. The van der Waals surface area contributed by atoms with Gasteiger partial charge < -0.3 is 15.1 Å². The fourth-order valence-corrected chi connectivity index (χ4v) is 2.11. The maximum Gasteiger partial charge on any atom is 0.318 e. The number of carbonyl (C=O) groups excluding carboxylic acids is 2. The van der Waals surface area contributed by atoms with Crippen LogP contribution in [0, 0.1) is 0 Å². The van der Waals surface area contributed by atoms with E-state index in [1.165, 1.54) is 9.80 Å². The van der Waals surface area contributed by atoms with Gasteiger partial charge in [0.25, 0.3) is 0 Å². The van der Waals surface area contributed by atoms with Crippen LogP contribution in [0.2, 0.25) is 0 Å². The lowest BCUT2D eigenvalue weighted by Crippen LogP contribution is -2.49. The molecule has 1 aromatic rings. The van der Waals surface area contributed by atoms with Gasteiger partial charge in [0.05, 0.1) is 17.9 Å². The molecule has 7 nitrogen and oxygen atoms in total. The van der Waals surface area contributed by atoms with Crippen LogP contribution in [0.3, 0.4) is 0 Å². The maximum absolute atomic E-state index is 12.2. The number of nitrogens with one attached hydrogen (secondary N) is 2. The number of aromatic nitrogens is 2. The molecule has 0 fully saturated rings. The Morgan fingerprint density at radius 1 is 1.32 bits per heavy atom. The van der Waals surface area contributed by atoms with Crippen LogP contribution in [0.5, 0.6) is 0 Å². The fourth-order valence-electron chi connectivity index (χ4n) is 2.11. The van der Waals surface area contributed by atoms with Crippen molar-refractivity contribution >= 4 is 11.9 Å². The normalized spacial score (nSPS) is 11.9. The second kappa shape index (κ2) is 8.41. The second-order valence-electron chi connectivity index (χ2n) is 5.63. The molecule has 1 unspecified atom stereocenters. The predicted molar refractivity (Wildman–Crippen MR) is 85.4 cm³/mol. The van der Waals surface area contributed by atoms with Gasteiger partial charge in [-0.25, -0.2) is 4.79 Å². The van der Waals surface area contributed by atoms with Crippen LogP contribution in [-0.2, 0) is 17.8 Å². The number of hydrogen-bond donors (Lipinski definition) is 2. The Morgan fingerprint density at radius 2 is 2.00 bits per heavy atom. The number of likely N-dealkylation sites (N-methyl/N-ethyl adjacent to an activating group) is 1.